The molecule has 21 heteroatoms. The van der Waals surface area contributed by atoms with Crippen LogP contribution in [0.25, 0.3) is 0 Å². The van der Waals surface area contributed by atoms with Crippen LogP contribution in [0.5, 0.6) is 0 Å². The molecule has 0 aliphatic carbocycles. The van der Waals surface area contributed by atoms with E-state index in [2.05, 4.69) is 4.18 Å². The van der Waals surface area contributed by atoms with Gasteiger partial charge in [-0.2, -0.15) is 83.1 Å². The van der Waals surface area contributed by atoms with E-state index in [-0.39, 0.29) is 6.26 Å². The quantitative estimate of drug-likeness (QED) is 0.185. The van der Waals surface area contributed by atoms with Crippen molar-refractivity contribution in [1.29, 1.82) is 0 Å². The molecule has 0 heterocycles. The molecule has 0 saturated heterocycles. The van der Waals surface area contributed by atoms with Crippen molar-refractivity contribution < 1.29 is 87.2 Å². The third-order valence-corrected chi connectivity index (χ3v) is 4.31. The number of hydrogen-bond donors (Lipinski definition) is 0. The summed E-state index contributed by atoms with van der Waals surface area (Å²) >= 11 is 0. The average Bonchev–Trinajstić information content (AvgIpc) is 2.55. The molecule has 0 unspecified atom stereocenters. The molecule has 0 atom stereocenters. The highest BCUT2D eigenvalue weighted by atomic mass is 32.2. The highest BCUT2D eigenvalue weighted by molar-refractivity contribution is 7.85. The predicted octanol–water partition coefficient (Wildman–Crippen LogP) is 5.75. The normalized spacial score (nSPS) is 16.3. The molecule has 33 heavy (non-hydrogen) atoms. The first-order chi connectivity index (χ1) is 14.0. The molecule has 0 fully saturated rings. The lowest BCUT2D eigenvalue weighted by molar-refractivity contribution is -0.461. The highest BCUT2D eigenvalue weighted by Crippen LogP contribution is 2.64. The van der Waals surface area contributed by atoms with Gasteiger partial charge in [-0.15, -0.1) is 0 Å². The minimum Gasteiger partial charge on any atom is -0.270 e. The van der Waals surface area contributed by atoms with Gasteiger partial charge in [0, 0.05) is 6.42 Å². The van der Waals surface area contributed by atoms with Crippen LogP contribution in [-0.2, 0) is 14.3 Å². The Balaban J connectivity index is 6.31. The van der Waals surface area contributed by atoms with Crippen molar-refractivity contribution in [2.45, 2.75) is 60.5 Å². The lowest BCUT2D eigenvalue weighted by atomic mass is 9.88. The number of hydrogen-bond acceptors (Lipinski definition) is 3. The van der Waals surface area contributed by atoms with E-state index >= 15 is 0 Å². The van der Waals surface area contributed by atoms with Crippen molar-refractivity contribution >= 4 is 10.1 Å². The molecule has 0 aliphatic heterocycles. The molecule has 0 saturated carbocycles. The Morgan fingerprint density at radius 3 is 1.15 bits per heavy atom. The molecule has 200 valence electrons. The molecule has 0 rings (SSSR count). The van der Waals surface area contributed by atoms with Gasteiger partial charge < -0.3 is 0 Å². The van der Waals surface area contributed by atoms with Crippen molar-refractivity contribution in [2.24, 2.45) is 0 Å². The van der Waals surface area contributed by atoms with Gasteiger partial charge in [-0.3, -0.25) is 4.18 Å². The molecule has 0 aromatic rings. The Kier molecular flexibility index (Phi) is 8.11. The molecule has 0 aromatic heterocycles. The van der Waals surface area contributed by atoms with Crippen molar-refractivity contribution in [1.82, 2.24) is 0 Å². The number of rotatable bonds is 11. The summed E-state index contributed by atoms with van der Waals surface area (Å²) in [5.74, 6) is -56.8. The van der Waals surface area contributed by atoms with Crippen LogP contribution in [0.4, 0.5) is 74.6 Å². The van der Waals surface area contributed by atoms with Gasteiger partial charge in [0.2, 0.25) is 0 Å². The van der Waals surface area contributed by atoms with Crippen LogP contribution in [0.2, 0.25) is 0 Å². The molecule has 0 bridgehead atoms. The van der Waals surface area contributed by atoms with Crippen LogP contribution < -0.4 is 0 Å². The largest absolute Gasteiger partial charge is 0.460 e. The predicted molar refractivity (Wildman–Crippen MR) is 70.7 cm³/mol. The van der Waals surface area contributed by atoms with Gasteiger partial charge in [0.15, 0.2) is 0 Å². The standard InChI is InChI=1S/C12H9F17O3S/c1-33(30,31)32-4-2-3-5(13,14)6(15,16)7(17,18)8(19,20)9(21,22)10(23,24)11(25,26)12(27,28)29/h2-4H2,1H3. The van der Waals surface area contributed by atoms with E-state index in [4.69, 9.17) is 0 Å². The first-order valence-electron chi connectivity index (χ1n) is 7.51. The fourth-order valence-corrected chi connectivity index (χ4v) is 2.28. The molecule has 0 aromatic carbocycles. The maximum absolute atomic E-state index is 13.5. The second-order valence-corrected chi connectivity index (χ2v) is 7.92. The summed E-state index contributed by atoms with van der Waals surface area (Å²) < 4.78 is 246. The average molecular weight is 556 g/mol. The lowest BCUT2D eigenvalue weighted by Crippen LogP contribution is -2.74. The van der Waals surface area contributed by atoms with Crippen LogP contribution >= 0.6 is 0 Å². The van der Waals surface area contributed by atoms with Crippen LogP contribution in [0, 0.1) is 0 Å². The highest BCUT2D eigenvalue weighted by Gasteiger charge is 2.95. The molecule has 0 aliphatic rings. The Labute approximate surface area is 172 Å². The first-order valence-corrected chi connectivity index (χ1v) is 9.33. The van der Waals surface area contributed by atoms with Crippen LogP contribution in [0.15, 0.2) is 0 Å². The van der Waals surface area contributed by atoms with Gasteiger partial charge in [-0.25, -0.2) is 0 Å². The molecule has 0 amide bonds. The summed E-state index contributed by atoms with van der Waals surface area (Å²) in [6.45, 7) is -1.49. The zero-order valence-corrected chi connectivity index (χ0v) is 16.0. The van der Waals surface area contributed by atoms with Crippen molar-refractivity contribution in [2.75, 3.05) is 12.9 Å². The van der Waals surface area contributed by atoms with Gasteiger partial charge in [0.1, 0.15) is 0 Å². The fourth-order valence-electron chi connectivity index (χ4n) is 1.86. The summed E-state index contributed by atoms with van der Waals surface area (Å²) in [6.07, 6.45) is -12.0. The van der Waals surface area contributed by atoms with Gasteiger partial charge in [0.05, 0.1) is 12.9 Å². The molecule has 0 radical (unpaired) electrons. The van der Waals surface area contributed by atoms with Gasteiger partial charge in [0.25, 0.3) is 10.1 Å². The molecule has 0 N–H and O–H groups in total. The van der Waals surface area contributed by atoms with Gasteiger partial charge in [-0.1, -0.05) is 0 Å². The van der Waals surface area contributed by atoms with Crippen molar-refractivity contribution in [3.8, 4) is 0 Å². The Bertz CT molecular complexity index is 799. The third-order valence-electron chi connectivity index (χ3n) is 3.72. The SMILES string of the molecule is CS(=O)(=O)OCCCC(F)(F)C(F)(F)C(F)(F)C(F)(F)C(F)(F)C(F)(F)C(F)(F)C(F)(F)F. The second-order valence-electron chi connectivity index (χ2n) is 6.28. The van der Waals surface area contributed by atoms with Crippen molar-refractivity contribution in [3.63, 3.8) is 0 Å². The maximum Gasteiger partial charge on any atom is 0.460 e. The van der Waals surface area contributed by atoms with Crippen LogP contribution in [0.1, 0.15) is 12.8 Å². The third kappa shape index (κ3) is 5.07. The van der Waals surface area contributed by atoms with E-state index in [9.17, 15) is 83.1 Å². The van der Waals surface area contributed by atoms with Crippen LogP contribution in [0.3, 0.4) is 0 Å². The minimum atomic E-state index is -8.68. The summed E-state index contributed by atoms with van der Waals surface area (Å²) in [6, 6.07) is 0. The van der Waals surface area contributed by atoms with E-state index in [0.29, 0.717) is 0 Å². The van der Waals surface area contributed by atoms with E-state index in [1.807, 2.05) is 0 Å². The van der Waals surface area contributed by atoms with Gasteiger partial charge in [-0.05, 0) is 6.42 Å². The summed E-state index contributed by atoms with van der Waals surface area (Å²) in [5.41, 5.74) is 0. The van der Waals surface area contributed by atoms with Crippen LogP contribution in [-0.4, -0.2) is 68.9 Å². The Morgan fingerprint density at radius 1 is 0.545 bits per heavy atom. The Hall–Kier alpha value is -1.28. The fraction of sp³-hybridized carbons (Fsp3) is 1.00. The zero-order chi connectivity index (χ0) is 27.3. The summed E-state index contributed by atoms with van der Waals surface area (Å²) in [7, 11) is -4.44. The van der Waals surface area contributed by atoms with E-state index < -0.39 is 77.2 Å². The van der Waals surface area contributed by atoms with E-state index in [1.54, 1.807) is 0 Å². The first kappa shape index (κ1) is 31.7. The lowest BCUT2D eigenvalue weighted by Gasteiger charge is -2.42. The molecular formula is C12H9F17O3S. The molecular weight excluding hydrogens is 547 g/mol. The second kappa shape index (κ2) is 8.43. The number of alkyl halides is 17. The van der Waals surface area contributed by atoms with Gasteiger partial charge >= 0.3 is 47.6 Å². The molecule has 0 spiro atoms. The minimum absolute atomic E-state index is 0.271. The van der Waals surface area contributed by atoms with Crippen molar-refractivity contribution in [3.05, 3.63) is 0 Å². The topological polar surface area (TPSA) is 43.4 Å². The monoisotopic (exact) mass is 556 g/mol. The smallest absolute Gasteiger partial charge is 0.270 e. The maximum atomic E-state index is 13.5. The molecule has 3 nitrogen and oxygen atoms in total. The summed E-state index contributed by atoms with van der Waals surface area (Å²) in [5, 5.41) is 0. The van der Waals surface area contributed by atoms with E-state index in [1.165, 1.54) is 0 Å². The Morgan fingerprint density at radius 2 is 0.848 bits per heavy atom. The van der Waals surface area contributed by atoms with E-state index in [0.717, 1.165) is 0 Å². The summed E-state index contributed by atoms with van der Waals surface area (Å²) in [4.78, 5) is 0. The zero-order valence-electron chi connectivity index (χ0n) is 15.2. The number of halogens is 17.